The Hall–Kier alpha value is 0.119. The summed E-state index contributed by atoms with van der Waals surface area (Å²) < 4.78 is 0.500. The van der Waals surface area contributed by atoms with E-state index in [4.69, 9.17) is 0 Å². The van der Waals surface area contributed by atoms with Crippen molar-refractivity contribution in [1.82, 2.24) is 0 Å². The maximum Gasteiger partial charge on any atom is 2.00 e. The van der Waals surface area contributed by atoms with Crippen molar-refractivity contribution in [2.45, 2.75) is 0 Å². The minimum absolute atomic E-state index is 0. The summed E-state index contributed by atoms with van der Waals surface area (Å²) in [5.41, 5.74) is 0. The van der Waals surface area contributed by atoms with Crippen molar-refractivity contribution < 1.29 is 23.3 Å². The predicted octanol–water partition coefficient (Wildman–Crippen LogP) is 0.131. The fourth-order valence-electron chi connectivity index (χ4n) is 0. The van der Waals surface area contributed by atoms with E-state index in [0.29, 0.717) is 4.76 Å². The first-order valence-electron chi connectivity index (χ1n) is 1.35. The van der Waals surface area contributed by atoms with Gasteiger partial charge in [0.1, 0.15) is 0 Å². The van der Waals surface area contributed by atoms with Crippen molar-refractivity contribution in [3.8, 4) is 0 Å². The van der Waals surface area contributed by atoms with E-state index in [2.05, 4.69) is 21.7 Å². The van der Waals surface area contributed by atoms with Crippen LogP contribution in [0.1, 0.15) is 0 Å². The zero-order chi connectivity index (χ0) is 5.58. The summed E-state index contributed by atoms with van der Waals surface area (Å²) in [5, 5.41) is 0. The van der Waals surface area contributed by atoms with Gasteiger partial charge in [0, 0.05) is 0 Å². The normalized spacial score (nSPS) is 4.29. The maximum atomic E-state index is 9.25. The van der Waals surface area contributed by atoms with Crippen molar-refractivity contribution in [3.05, 3.63) is 18.8 Å². The molecule has 0 spiro atoms. The molecule has 7 heavy (non-hydrogen) atoms. The first-order valence-corrected chi connectivity index (χ1v) is 1.35. The topological polar surface area (TPSA) is 20.1 Å². The van der Waals surface area contributed by atoms with Crippen LogP contribution in [0.25, 0.3) is 0 Å². The van der Waals surface area contributed by atoms with Crippen LogP contribution in [0.2, 0.25) is 0 Å². The van der Waals surface area contributed by atoms with Gasteiger partial charge in [-0.15, -0.1) is 4.76 Å². The van der Waals surface area contributed by atoms with Gasteiger partial charge in [-0.3, -0.25) is 0 Å². The van der Waals surface area contributed by atoms with Crippen LogP contribution in [0.5, 0.6) is 0 Å². The minimum Gasteiger partial charge on any atom is -0.382 e. The Bertz CT molecular complexity index is 37.9. The number of nitroso groups, excluding NO2 is 1. The summed E-state index contributed by atoms with van der Waals surface area (Å²) in [6, 6.07) is 0. The fourth-order valence-corrected chi connectivity index (χ4v) is 0. The third-order valence-corrected chi connectivity index (χ3v) is 0. The average Bonchev–Trinajstić information content (AvgIpc) is 1.41. The number of nitrogens with zero attached hydrogens (tertiary/aromatic N) is 1. The van der Waals surface area contributed by atoms with E-state index in [0.717, 1.165) is 0 Å². The van der Waals surface area contributed by atoms with Crippen molar-refractivity contribution in [2.75, 3.05) is 7.05 Å². The molecule has 37 valence electrons. The SMILES string of the molecule is [B][CH2-].[CH2-][N+](C)=O.[V+2]. The van der Waals surface area contributed by atoms with Gasteiger partial charge in [0.2, 0.25) is 0 Å². The first kappa shape index (κ1) is 15.7. The molecule has 2 nitrogen and oxygen atoms in total. The van der Waals surface area contributed by atoms with E-state index in [1.54, 1.807) is 0 Å². The van der Waals surface area contributed by atoms with Crippen LogP contribution in [-0.4, -0.2) is 19.7 Å². The van der Waals surface area contributed by atoms with Crippen LogP contribution >= 0.6 is 0 Å². The second-order valence-electron chi connectivity index (χ2n) is 0.628. The van der Waals surface area contributed by atoms with Crippen LogP contribution in [0.15, 0.2) is 0 Å². The largest absolute Gasteiger partial charge is 2.00 e. The second-order valence-corrected chi connectivity index (χ2v) is 0.628. The predicted molar refractivity (Wildman–Crippen MR) is 26.0 cm³/mol. The molecule has 0 amide bonds. The Morgan fingerprint density at radius 2 is 1.57 bits per heavy atom. The molecule has 0 unspecified atom stereocenters. The summed E-state index contributed by atoms with van der Waals surface area (Å²) in [4.78, 5) is 9.25. The van der Waals surface area contributed by atoms with Crippen molar-refractivity contribution in [3.63, 3.8) is 0 Å². The van der Waals surface area contributed by atoms with E-state index >= 15 is 0 Å². The van der Waals surface area contributed by atoms with Gasteiger partial charge in [0.25, 0.3) is 0 Å². The Morgan fingerprint density at radius 1 is 1.57 bits per heavy atom. The van der Waals surface area contributed by atoms with Gasteiger partial charge in [0.05, 0.1) is 0 Å². The molecule has 0 bridgehead atoms. The van der Waals surface area contributed by atoms with Crippen molar-refractivity contribution >= 4 is 7.85 Å². The zero-order valence-corrected chi connectivity index (χ0v) is 5.69. The Morgan fingerprint density at radius 3 is 1.57 bits per heavy atom. The van der Waals surface area contributed by atoms with E-state index < -0.39 is 0 Å². The summed E-state index contributed by atoms with van der Waals surface area (Å²) in [7, 11) is 8.50. The Kier molecular flexibility index (Phi) is 37.0. The van der Waals surface area contributed by atoms with E-state index in [-0.39, 0.29) is 18.6 Å². The molecule has 0 saturated carbocycles. The second kappa shape index (κ2) is 16.5. The summed E-state index contributed by atoms with van der Waals surface area (Å²) in [6.07, 6.45) is 0. The van der Waals surface area contributed by atoms with Gasteiger partial charge in [-0.05, 0) is 4.91 Å². The zero-order valence-electron chi connectivity index (χ0n) is 4.29. The van der Waals surface area contributed by atoms with Crippen LogP contribution in [0.4, 0.5) is 0 Å². The number of hydrogen-bond donors (Lipinski definition) is 0. The van der Waals surface area contributed by atoms with Crippen LogP contribution in [0, 0.1) is 18.8 Å². The molecule has 0 heterocycles. The van der Waals surface area contributed by atoms with Gasteiger partial charge in [-0.25, -0.2) is 0 Å². The quantitative estimate of drug-likeness (QED) is 0.262. The summed E-state index contributed by atoms with van der Waals surface area (Å²) >= 11 is 0. The molecule has 0 aromatic rings. The molecule has 0 N–H and O–H groups in total. The van der Waals surface area contributed by atoms with Gasteiger partial charge >= 0.3 is 18.6 Å². The summed E-state index contributed by atoms with van der Waals surface area (Å²) in [6.45, 7) is 2.75. The molecule has 3 radical (unpaired) electrons. The first-order chi connectivity index (χ1) is 2.73. The van der Waals surface area contributed by atoms with E-state index in [1.165, 1.54) is 7.05 Å². The molecule has 0 aromatic heterocycles. The van der Waals surface area contributed by atoms with Gasteiger partial charge in [-0.1, -0.05) is 7.05 Å². The number of rotatable bonds is 0. The molecule has 0 aromatic carbocycles. The Balaban J connectivity index is -0.0000000480. The monoisotopic (exact) mass is 135 g/mol. The molecule has 0 fully saturated rings. The van der Waals surface area contributed by atoms with Crippen LogP contribution in [0.3, 0.4) is 0 Å². The van der Waals surface area contributed by atoms with Crippen molar-refractivity contribution in [1.29, 1.82) is 0 Å². The minimum atomic E-state index is 0. The summed E-state index contributed by atoms with van der Waals surface area (Å²) in [5.74, 6) is 0. The van der Waals surface area contributed by atoms with Crippen LogP contribution < -0.4 is 0 Å². The molecule has 0 aliphatic heterocycles. The molecule has 0 atom stereocenters. The molecule has 0 saturated heterocycles. The smallest absolute Gasteiger partial charge is 0.382 e. The van der Waals surface area contributed by atoms with Gasteiger partial charge in [0.15, 0.2) is 7.05 Å². The molecule has 0 aliphatic carbocycles. The standard InChI is InChI=1S/C2H5NO.CH2B.V/c1-3(2)4;1-2;/h1H2,2H3;1H2;/q;-1;+2. The third-order valence-electron chi connectivity index (χ3n) is 0. The molecule has 0 rings (SSSR count). The van der Waals surface area contributed by atoms with E-state index in [9.17, 15) is 4.91 Å². The molecule has 4 heteroatoms. The molecular formula is C3H7BNOV+. The molecule has 0 aliphatic rings. The van der Waals surface area contributed by atoms with Crippen LogP contribution in [-0.2, 0) is 18.6 Å². The van der Waals surface area contributed by atoms with Gasteiger partial charge < -0.3 is 6.82 Å². The maximum absolute atomic E-state index is 9.25. The third kappa shape index (κ3) is 7290. The number of hydrogen-bond acceptors (Lipinski definition) is 1. The average molecular weight is 135 g/mol. The fraction of sp³-hybridized carbons (Fsp3) is 0.333. The molecular weight excluding hydrogens is 128 g/mol. The van der Waals surface area contributed by atoms with E-state index in [1.807, 2.05) is 0 Å². The van der Waals surface area contributed by atoms with Crippen molar-refractivity contribution in [2.24, 2.45) is 0 Å². The van der Waals surface area contributed by atoms with Gasteiger partial charge in [-0.2, -0.15) is 7.85 Å². The Labute approximate surface area is 57.5 Å².